The molecule has 1 aromatic rings. The average molecular weight is 330 g/mol. The fourth-order valence-electron chi connectivity index (χ4n) is 2.40. The Morgan fingerprint density at radius 1 is 1.48 bits per heavy atom. The van der Waals surface area contributed by atoms with Crippen LogP contribution in [0.3, 0.4) is 0 Å². The smallest absolute Gasteiger partial charge is 0.250 e. The summed E-state index contributed by atoms with van der Waals surface area (Å²) in [5.74, 6) is 0.224. The molecule has 7 heteroatoms. The van der Waals surface area contributed by atoms with Gasteiger partial charge in [0.1, 0.15) is 4.21 Å². The molecule has 0 saturated carbocycles. The third-order valence-corrected chi connectivity index (χ3v) is 6.84. The zero-order chi connectivity index (χ0) is 15.5. The second-order valence-electron chi connectivity index (χ2n) is 5.46. The van der Waals surface area contributed by atoms with Crippen molar-refractivity contribution in [2.24, 2.45) is 5.92 Å². The summed E-state index contributed by atoms with van der Waals surface area (Å²) in [5.41, 5.74) is 0. The molecule has 1 atom stereocenters. The van der Waals surface area contributed by atoms with Gasteiger partial charge in [-0.2, -0.15) is 0 Å². The predicted molar refractivity (Wildman–Crippen MR) is 83.7 cm³/mol. The zero-order valence-electron chi connectivity index (χ0n) is 12.4. The van der Waals surface area contributed by atoms with Crippen molar-refractivity contribution in [2.75, 3.05) is 13.1 Å². The first kappa shape index (κ1) is 16.5. The van der Waals surface area contributed by atoms with Gasteiger partial charge in [0.25, 0.3) is 0 Å². The number of rotatable bonds is 5. The van der Waals surface area contributed by atoms with E-state index in [1.54, 1.807) is 17.5 Å². The number of piperidine rings is 1. The SMILES string of the molecule is CCC(C)C(=O)N1CCC(NS(=O)(=O)c2cccs2)CC1. The Bertz CT molecular complexity index is 561. The van der Waals surface area contributed by atoms with Gasteiger partial charge in [-0.1, -0.05) is 19.9 Å². The molecule has 0 aromatic carbocycles. The summed E-state index contributed by atoms with van der Waals surface area (Å²) in [6.45, 7) is 5.19. The van der Waals surface area contributed by atoms with E-state index in [-0.39, 0.29) is 17.9 Å². The van der Waals surface area contributed by atoms with Crippen LogP contribution >= 0.6 is 11.3 Å². The van der Waals surface area contributed by atoms with E-state index < -0.39 is 10.0 Å². The highest BCUT2D eigenvalue weighted by molar-refractivity contribution is 7.91. The summed E-state index contributed by atoms with van der Waals surface area (Å²) in [4.78, 5) is 13.9. The number of likely N-dealkylation sites (tertiary alicyclic amines) is 1. The van der Waals surface area contributed by atoms with Crippen molar-refractivity contribution < 1.29 is 13.2 Å². The number of amides is 1. The van der Waals surface area contributed by atoms with E-state index in [0.29, 0.717) is 30.1 Å². The summed E-state index contributed by atoms with van der Waals surface area (Å²) in [6, 6.07) is 3.25. The van der Waals surface area contributed by atoms with Gasteiger partial charge < -0.3 is 4.90 Å². The summed E-state index contributed by atoms with van der Waals surface area (Å²) >= 11 is 1.22. The summed E-state index contributed by atoms with van der Waals surface area (Å²) < 4.78 is 27.4. The molecule has 2 heterocycles. The van der Waals surface area contributed by atoms with Crippen molar-refractivity contribution in [3.8, 4) is 0 Å². The van der Waals surface area contributed by atoms with Gasteiger partial charge in [0.2, 0.25) is 15.9 Å². The lowest BCUT2D eigenvalue weighted by molar-refractivity contribution is -0.136. The van der Waals surface area contributed by atoms with Gasteiger partial charge in [0, 0.05) is 25.0 Å². The lowest BCUT2D eigenvalue weighted by atomic mass is 10.0. The Labute approximate surface area is 130 Å². The highest BCUT2D eigenvalue weighted by Gasteiger charge is 2.28. The van der Waals surface area contributed by atoms with Crippen molar-refractivity contribution in [2.45, 2.75) is 43.4 Å². The number of sulfonamides is 1. The van der Waals surface area contributed by atoms with Crippen molar-refractivity contribution in [3.05, 3.63) is 17.5 Å². The highest BCUT2D eigenvalue weighted by Crippen LogP contribution is 2.19. The van der Waals surface area contributed by atoms with E-state index in [4.69, 9.17) is 0 Å². The number of hydrogen-bond acceptors (Lipinski definition) is 4. The number of nitrogens with one attached hydrogen (secondary N) is 1. The number of nitrogens with zero attached hydrogens (tertiary/aromatic N) is 1. The maximum Gasteiger partial charge on any atom is 0.250 e. The monoisotopic (exact) mass is 330 g/mol. The molecular formula is C14H22N2O3S2. The Morgan fingerprint density at radius 2 is 2.14 bits per heavy atom. The predicted octanol–water partition coefficient (Wildman–Crippen LogP) is 2.06. The highest BCUT2D eigenvalue weighted by atomic mass is 32.2. The first-order valence-corrected chi connectivity index (χ1v) is 9.65. The van der Waals surface area contributed by atoms with Gasteiger partial charge in [0.05, 0.1) is 0 Å². The molecule has 0 bridgehead atoms. The average Bonchev–Trinajstić information content (AvgIpc) is 3.01. The van der Waals surface area contributed by atoms with Crippen LogP contribution in [0.4, 0.5) is 0 Å². The molecule has 1 saturated heterocycles. The van der Waals surface area contributed by atoms with E-state index in [1.807, 2.05) is 18.7 Å². The Morgan fingerprint density at radius 3 is 2.67 bits per heavy atom. The minimum absolute atomic E-state index is 0.0457. The Balaban J connectivity index is 1.89. The van der Waals surface area contributed by atoms with E-state index >= 15 is 0 Å². The van der Waals surface area contributed by atoms with E-state index in [0.717, 1.165) is 6.42 Å². The fourth-order valence-corrected chi connectivity index (χ4v) is 4.71. The molecule has 2 rings (SSSR count). The van der Waals surface area contributed by atoms with Gasteiger partial charge in [0.15, 0.2) is 0 Å². The molecule has 1 N–H and O–H groups in total. The summed E-state index contributed by atoms with van der Waals surface area (Å²) in [5, 5.41) is 1.75. The third-order valence-electron chi connectivity index (χ3n) is 3.92. The maximum atomic E-state index is 12.2. The first-order valence-electron chi connectivity index (χ1n) is 7.28. The van der Waals surface area contributed by atoms with E-state index in [1.165, 1.54) is 11.3 Å². The molecule has 5 nitrogen and oxygen atoms in total. The molecule has 1 amide bonds. The van der Waals surface area contributed by atoms with Crippen LogP contribution in [0.25, 0.3) is 0 Å². The normalized spacial score (nSPS) is 18.7. The molecule has 21 heavy (non-hydrogen) atoms. The van der Waals surface area contributed by atoms with Crippen molar-refractivity contribution in [3.63, 3.8) is 0 Å². The maximum absolute atomic E-state index is 12.2. The molecule has 1 aliphatic heterocycles. The molecular weight excluding hydrogens is 308 g/mol. The molecule has 1 aromatic heterocycles. The van der Waals surface area contributed by atoms with E-state index in [2.05, 4.69) is 4.72 Å². The van der Waals surface area contributed by atoms with Gasteiger partial charge in [-0.15, -0.1) is 11.3 Å². The van der Waals surface area contributed by atoms with Gasteiger partial charge in [-0.25, -0.2) is 13.1 Å². The van der Waals surface area contributed by atoms with Crippen LogP contribution < -0.4 is 4.72 Å². The van der Waals surface area contributed by atoms with Crippen molar-refractivity contribution in [1.29, 1.82) is 0 Å². The van der Waals surface area contributed by atoms with Crippen molar-refractivity contribution >= 4 is 27.3 Å². The van der Waals surface area contributed by atoms with Crippen LogP contribution in [0, 0.1) is 5.92 Å². The minimum Gasteiger partial charge on any atom is -0.342 e. The van der Waals surface area contributed by atoms with Crippen LogP contribution in [0.2, 0.25) is 0 Å². The van der Waals surface area contributed by atoms with Crippen LogP contribution in [0.5, 0.6) is 0 Å². The van der Waals surface area contributed by atoms with Crippen LogP contribution in [0.15, 0.2) is 21.7 Å². The number of carbonyl (C=O) groups is 1. The van der Waals surface area contributed by atoms with Gasteiger partial charge in [-0.3, -0.25) is 4.79 Å². The lowest BCUT2D eigenvalue weighted by Crippen LogP contribution is -2.47. The molecule has 0 aliphatic carbocycles. The molecule has 1 aliphatic rings. The zero-order valence-corrected chi connectivity index (χ0v) is 14.0. The van der Waals surface area contributed by atoms with E-state index in [9.17, 15) is 13.2 Å². The third kappa shape index (κ3) is 4.05. The summed E-state index contributed by atoms with van der Waals surface area (Å²) in [7, 11) is -3.41. The number of carbonyl (C=O) groups excluding carboxylic acids is 1. The Kier molecular flexibility index (Phi) is 5.40. The standard InChI is InChI=1S/C14H22N2O3S2/c1-3-11(2)14(17)16-8-6-12(7-9-16)15-21(18,19)13-5-4-10-20-13/h4-5,10-12,15H,3,6-9H2,1-2H3. The lowest BCUT2D eigenvalue weighted by Gasteiger charge is -2.33. The molecule has 1 fully saturated rings. The first-order chi connectivity index (χ1) is 9.94. The second-order valence-corrected chi connectivity index (χ2v) is 8.35. The molecule has 118 valence electrons. The number of thiophene rings is 1. The molecule has 0 radical (unpaired) electrons. The minimum atomic E-state index is -3.41. The number of hydrogen-bond donors (Lipinski definition) is 1. The van der Waals surface area contributed by atoms with Gasteiger partial charge in [-0.05, 0) is 30.7 Å². The van der Waals surface area contributed by atoms with Crippen LogP contribution in [-0.2, 0) is 14.8 Å². The van der Waals surface area contributed by atoms with Crippen molar-refractivity contribution in [1.82, 2.24) is 9.62 Å². The Hall–Kier alpha value is -0.920. The fraction of sp³-hybridized carbons (Fsp3) is 0.643. The van der Waals surface area contributed by atoms with Gasteiger partial charge >= 0.3 is 0 Å². The topological polar surface area (TPSA) is 66.5 Å². The van der Waals surface area contributed by atoms with Crippen LogP contribution in [-0.4, -0.2) is 38.4 Å². The van der Waals surface area contributed by atoms with Crippen LogP contribution in [0.1, 0.15) is 33.1 Å². The summed E-state index contributed by atoms with van der Waals surface area (Å²) in [6.07, 6.45) is 2.18. The molecule has 1 unspecified atom stereocenters. The quantitative estimate of drug-likeness (QED) is 0.899. The largest absolute Gasteiger partial charge is 0.342 e. The molecule has 0 spiro atoms. The second kappa shape index (κ2) is 6.89.